The third kappa shape index (κ3) is 3.04. The number of carbonyl (C=O) groups excluding carboxylic acids is 1. The molecule has 5 nitrogen and oxygen atoms in total. The highest BCUT2D eigenvalue weighted by Crippen LogP contribution is 2.26. The van der Waals surface area contributed by atoms with Crippen LogP contribution >= 0.6 is 0 Å². The van der Waals surface area contributed by atoms with E-state index < -0.39 is 0 Å². The molecule has 0 aliphatic heterocycles. The van der Waals surface area contributed by atoms with E-state index in [0.29, 0.717) is 23.6 Å². The molecule has 0 saturated heterocycles. The maximum Gasteiger partial charge on any atom is 0.259 e. The molecular formula is C18H18N2O3. The van der Waals surface area contributed by atoms with Gasteiger partial charge in [0.2, 0.25) is 0 Å². The van der Waals surface area contributed by atoms with E-state index in [9.17, 15) is 4.79 Å². The predicted molar refractivity (Wildman–Crippen MR) is 85.9 cm³/mol. The molecule has 2 heterocycles. The molecule has 0 atom stereocenters. The summed E-state index contributed by atoms with van der Waals surface area (Å²) in [4.78, 5) is 14.4. The molecule has 0 N–H and O–H groups in total. The molecule has 118 valence electrons. The average molecular weight is 310 g/mol. The molecule has 0 aliphatic rings. The van der Waals surface area contributed by atoms with Crippen molar-refractivity contribution in [3.05, 3.63) is 65.3 Å². The Bertz CT molecular complexity index is 818. The quantitative estimate of drug-likeness (QED) is 0.735. The molecule has 0 fully saturated rings. The zero-order valence-corrected chi connectivity index (χ0v) is 13.4. The second-order valence-corrected chi connectivity index (χ2v) is 5.50. The molecule has 5 heteroatoms. The standard InChI is InChI=1S/C18H18N2O3/c1-12-9-10-15(22-12)11-20(3)18(21)16-13(2)23-19-17(16)14-7-5-4-6-8-14/h4-10H,11H2,1-3H3. The van der Waals surface area contributed by atoms with E-state index in [1.54, 1.807) is 18.9 Å². The van der Waals surface area contributed by atoms with Crippen LogP contribution in [0.2, 0.25) is 0 Å². The molecule has 0 radical (unpaired) electrons. The molecule has 0 spiro atoms. The van der Waals surface area contributed by atoms with E-state index in [-0.39, 0.29) is 5.91 Å². The summed E-state index contributed by atoms with van der Waals surface area (Å²) >= 11 is 0. The van der Waals surface area contributed by atoms with Crippen molar-refractivity contribution in [1.82, 2.24) is 10.1 Å². The van der Waals surface area contributed by atoms with Crippen molar-refractivity contribution in [3.8, 4) is 11.3 Å². The first kappa shape index (κ1) is 15.1. The van der Waals surface area contributed by atoms with Crippen LogP contribution in [0.1, 0.15) is 27.6 Å². The van der Waals surface area contributed by atoms with Crippen LogP contribution in [0, 0.1) is 13.8 Å². The number of furan rings is 1. The summed E-state index contributed by atoms with van der Waals surface area (Å²) in [5, 5.41) is 4.05. The van der Waals surface area contributed by atoms with Crippen LogP contribution in [0.3, 0.4) is 0 Å². The van der Waals surface area contributed by atoms with E-state index in [1.165, 1.54) is 0 Å². The largest absolute Gasteiger partial charge is 0.464 e. The van der Waals surface area contributed by atoms with Crippen molar-refractivity contribution in [1.29, 1.82) is 0 Å². The van der Waals surface area contributed by atoms with Crippen molar-refractivity contribution in [2.24, 2.45) is 0 Å². The fraction of sp³-hybridized carbons (Fsp3) is 0.222. The van der Waals surface area contributed by atoms with Crippen LogP contribution in [0.5, 0.6) is 0 Å². The number of hydrogen-bond acceptors (Lipinski definition) is 4. The highest BCUT2D eigenvalue weighted by atomic mass is 16.5. The summed E-state index contributed by atoms with van der Waals surface area (Å²) in [6, 6.07) is 13.3. The minimum absolute atomic E-state index is 0.142. The van der Waals surface area contributed by atoms with Crippen molar-refractivity contribution >= 4 is 5.91 Å². The minimum Gasteiger partial charge on any atom is -0.464 e. The van der Waals surface area contributed by atoms with Gasteiger partial charge < -0.3 is 13.8 Å². The van der Waals surface area contributed by atoms with Gasteiger partial charge in [-0.3, -0.25) is 4.79 Å². The van der Waals surface area contributed by atoms with Gasteiger partial charge in [0.25, 0.3) is 5.91 Å². The summed E-state index contributed by atoms with van der Waals surface area (Å²) in [5.41, 5.74) is 1.91. The Labute approximate surface area is 134 Å². The van der Waals surface area contributed by atoms with Crippen molar-refractivity contribution < 1.29 is 13.7 Å². The number of rotatable bonds is 4. The first-order valence-electron chi connectivity index (χ1n) is 7.38. The molecule has 3 aromatic rings. The Morgan fingerprint density at radius 2 is 1.87 bits per heavy atom. The van der Waals surface area contributed by atoms with Gasteiger partial charge in [-0.1, -0.05) is 35.5 Å². The summed E-state index contributed by atoms with van der Waals surface area (Å²) < 4.78 is 10.8. The van der Waals surface area contributed by atoms with E-state index in [0.717, 1.165) is 17.1 Å². The lowest BCUT2D eigenvalue weighted by molar-refractivity contribution is 0.0774. The van der Waals surface area contributed by atoms with Gasteiger partial charge in [0, 0.05) is 12.6 Å². The lowest BCUT2D eigenvalue weighted by Gasteiger charge is -2.15. The summed E-state index contributed by atoms with van der Waals surface area (Å²) in [5.74, 6) is 1.94. The molecule has 0 saturated carbocycles. The van der Waals surface area contributed by atoms with Gasteiger partial charge in [0.05, 0.1) is 6.54 Å². The van der Waals surface area contributed by atoms with E-state index >= 15 is 0 Å². The fourth-order valence-electron chi connectivity index (χ4n) is 2.48. The molecule has 0 bridgehead atoms. The SMILES string of the molecule is Cc1ccc(CN(C)C(=O)c2c(-c3ccccc3)noc2C)o1. The summed E-state index contributed by atoms with van der Waals surface area (Å²) in [6.07, 6.45) is 0. The third-order valence-electron chi connectivity index (χ3n) is 3.66. The van der Waals surface area contributed by atoms with E-state index in [1.807, 2.05) is 49.4 Å². The normalized spacial score (nSPS) is 10.7. The van der Waals surface area contributed by atoms with Crippen LogP contribution in [0.4, 0.5) is 0 Å². The minimum atomic E-state index is -0.142. The fourth-order valence-corrected chi connectivity index (χ4v) is 2.48. The van der Waals surface area contributed by atoms with Gasteiger partial charge in [-0.15, -0.1) is 0 Å². The van der Waals surface area contributed by atoms with Crippen LogP contribution in [0.25, 0.3) is 11.3 Å². The molecular weight excluding hydrogens is 292 g/mol. The number of carbonyl (C=O) groups is 1. The van der Waals surface area contributed by atoms with Gasteiger partial charge in [-0.2, -0.15) is 0 Å². The van der Waals surface area contributed by atoms with Gasteiger partial charge in [0.1, 0.15) is 28.5 Å². The highest BCUT2D eigenvalue weighted by Gasteiger charge is 2.24. The first-order valence-corrected chi connectivity index (χ1v) is 7.38. The summed E-state index contributed by atoms with van der Waals surface area (Å²) in [6.45, 7) is 4.02. The molecule has 0 aliphatic carbocycles. The number of aryl methyl sites for hydroxylation is 2. The third-order valence-corrected chi connectivity index (χ3v) is 3.66. The molecule has 2 aromatic heterocycles. The van der Waals surface area contributed by atoms with Crippen LogP contribution in [-0.4, -0.2) is 23.0 Å². The Balaban J connectivity index is 1.89. The van der Waals surface area contributed by atoms with Crippen LogP contribution < -0.4 is 0 Å². The number of aromatic nitrogens is 1. The Kier molecular flexibility index (Phi) is 4.02. The molecule has 1 aromatic carbocycles. The number of amides is 1. The smallest absolute Gasteiger partial charge is 0.259 e. The molecule has 1 amide bonds. The Morgan fingerprint density at radius 1 is 1.13 bits per heavy atom. The second kappa shape index (κ2) is 6.12. The number of hydrogen-bond donors (Lipinski definition) is 0. The molecule has 3 rings (SSSR count). The van der Waals surface area contributed by atoms with E-state index in [2.05, 4.69) is 5.16 Å². The van der Waals surface area contributed by atoms with Gasteiger partial charge in [-0.05, 0) is 26.0 Å². The lowest BCUT2D eigenvalue weighted by Crippen LogP contribution is -2.26. The second-order valence-electron chi connectivity index (χ2n) is 5.50. The predicted octanol–water partition coefficient (Wildman–Crippen LogP) is 3.82. The van der Waals surface area contributed by atoms with Crippen molar-refractivity contribution in [2.75, 3.05) is 7.05 Å². The van der Waals surface area contributed by atoms with Gasteiger partial charge >= 0.3 is 0 Å². The highest BCUT2D eigenvalue weighted by molar-refractivity contribution is 6.00. The van der Waals surface area contributed by atoms with Gasteiger partial charge in [0.15, 0.2) is 0 Å². The molecule has 23 heavy (non-hydrogen) atoms. The topological polar surface area (TPSA) is 59.5 Å². The zero-order valence-electron chi connectivity index (χ0n) is 13.4. The Hall–Kier alpha value is -2.82. The maximum absolute atomic E-state index is 12.8. The molecule has 0 unspecified atom stereocenters. The monoisotopic (exact) mass is 310 g/mol. The lowest BCUT2D eigenvalue weighted by atomic mass is 10.1. The maximum atomic E-state index is 12.8. The average Bonchev–Trinajstić information content (AvgIpc) is 3.13. The van der Waals surface area contributed by atoms with Crippen molar-refractivity contribution in [3.63, 3.8) is 0 Å². The first-order chi connectivity index (χ1) is 11.1. The van der Waals surface area contributed by atoms with Crippen LogP contribution in [0.15, 0.2) is 51.4 Å². The number of nitrogens with zero attached hydrogens (tertiary/aromatic N) is 2. The number of benzene rings is 1. The van der Waals surface area contributed by atoms with Gasteiger partial charge in [-0.25, -0.2) is 0 Å². The van der Waals surface area contributed by atoms with E-state index in [4.69, 9.17) is 8.94 Å². The zero-order chi connectivity index (χ0) is 16.4. The Morgan fingerprint density at radius 3 is 2.52 bits per heavy atom. The van der Waals surface area contributed by atoms with Crippen LogP contribution in [-0.2, 0) is 6.54 Å². The summed E-state index contributed by atoms with van der Waals surface area (Å²) in [7, 11) is 1.74. The van der Waals surface area contributed by atoms with Crippen molar-refractivity contribution in [2.45, 2.75) is 20.4 Å².